The van der Waals surface area contributed by atoms with E-state index in [0.29, 0.717) is 5.92 Å². The van der Waals surface area contributed by atoms with Gasteiger partial charge in [-0.1, -0.05) is 32.0 Å². The Morgan fingerprint density at radius 1 is 1.06 bits per heavy atom. The maximum atomic E-state index is 12.9. The zero-order valence-corrected chi connectivity index (χ0v) is 20.0. The number of carbonyl (C=O) groups excluding carboxylic acids is 1. The van der Waals surface area contributed by atoms with Crippen molar-refractivity contribution in [2.24, 2.45) is 11.3 Å². The van der Waals surface area contributed by atoms with Crippen LogP contribution in [0.4, 0.5) is 4.79 Å². The van der Waals surface area contributed by atoms with Crippen molar-refractivity contribution in [3.05, 3.63) is 47.5 Å². The van der Waals surface area contributed by atoms with E-state index >= 15 is 0 Å². The Morgan fingerprint density at radius 3 is 2.52 bits per heavy atom. The van der Waals surface area contributed by atoms with Gasteiger partial charge < -0.3 is 19.5 Å². The Bertz CT molecular complexity index is 1040. The highest BCUT2D eigenvalue weighted by atomic mass is 16.6. The van der Waals surface area contributed by atoms with E-state index in [1.165, 1.54) is 11.1 Å². The molecule has 1 N–H and O–H groups in total. The summed E-state index contributed by atoms with van der Waals surface area (Å²) < 4.78 is 16.9. The summed E-state index contributed by atoms with van der Waals surface area (Å²) in [6.45, 7) is 7.56. The Balaban J connectivity index is 1.35. The highest BCUT2D eigenvalue weighted by Gasteiger charge is 2.42. The van der Waals surface area contributed by atoms with E-state index < -0.39 is 0 Å². The fourth-order valence-electron chi connectivity index (χ4n) is 5.87. The van der Waals surface area contributed by atoms with Crippen molar-refractivity contribution < 1.29 is 19.0 Å². The molecular formula is C27H34N2O4. The minimum absolute atomic E-state index is 0.0152. The van der Waals surface area contributed by atoms with Gasteiger partial charge in [-0.3, -0.25) is 4.90 Å². The Kier molecular flexibility index (Phi) is 5.73. The number of alkyl carbamates (subject to hydrolysis) is 1. The molecule has 2 bridgehead atoms. The average molecular weight is 451 g/mol. The van der Waals surface area contributed by atoms with Gasteiger partial charge in [-0.25, -0.2) is 4.79 Å². The SMILES string of the molecule is COc1ccc(-c2ccc3c(c2)CC(C)(C)C3NC(=O)O[C@@H]2CN3CCC2CC3)c(OC)c1. The number of nitrogens with one attached hydrogen (secondary N) is 1. The number of piperidine rings is 3. The lowest BCUT2D eigenvalue weighted by molar-refractivity contribution is -0.0348. The van der Waals surface area contributed by atoms with Gasteiger partial charge in [0.1, 0.15) is 17.6 Å². The minimum atomic E-state index is -0.291. The number of nitrogens with zero attached hydrogens (tertiary/aromatic N) is 1. The first kappa shape index (κ1) is 22.1. The van der Waals surface area contributed by atoms with Crippen LogP contribution in [0.3, 0.4) is 0 Å². The van der Waals surface area contributed by atoms with Crippen LogP contribution in [0.15, 0.2) is 36.4 Å². The molecule has 6 heteroatoms. The van der Waals surface area contributed by atoms with E-state index in [1.54, 1.807) is 14.2 Å². The van der Waals surface area contributed by atoms with Gasteiger partial charge in [0.25, 0.3) is 0 Å². The van der Waals surface area contributed by atoms with Gasteiger partial charge in [0, 0.05) is 18.2 Å². The molecule has 2 atom stereocenters. The molecule has 176 valence electrons. The zero-order valence-electron chi connectivity index (χ0n) is 20.0. The molecule has 1 unspecified atom stereocenters. The maximum absolute atomic E-state index is 12.9. The standard InChI is InChI=1S/C27H34N2O4/c1-27(2)15-19-13-18(21-8-6-20(31-3)14-23(21)32-4)5-7-22(19)25(27)28-26(30)33-24-16-29-11-9-17(24)10-12-29/h5-8,13-14,17,24-25H,9-12,15-16H2,1-4H3,(H,28,30)/t24-,25?/m1/s1. The minimum Gasteiger partial charge on any atom is -0.497 e. The van der Waals surface area contributed by atoms with Crippen molar-refractivity contribution in [2.75, 3.05) is 33.9 Å². The van der Waals surface area contributed by atoms with Crippen LogP contribution < -0.4 is 14.8 Å². The summed E-state index contributed by atoms with van der Waals surface area (Å²) in [5, 5.41) is 3.21. The van der Waals surface area contributed by atoms with Gasteiger partial charge in [-0.2, -0.15) is 0 Å². The molecule has 33 heavy (non-hydrogen) atoms. The quantitative estimate of drug-likeness (QED) is 0.708. The summed E-state index contributed by atoms with van der Waals surface area (Å²) >= 11 is 0. The number of fused-ring (bicyclic) bond motifs is 4. The fourth-order valence-corrected chi connectivity index (χ4v) is 5.87. The van der Waals surface area contributed by atoms with Gasteiger partial charge in [-0.05, 0) is 72.5 Å². The zero-order chi connectivity index (χ0) is 23.2. The molecule has 2 aromatic carbocycles. The van der Waals surface area contributed by atoms with Crippen molar-refractivity contribution in [1.82, 2.24) is 10.2 Å². The Morgan fingerprint density at radius 2 is 1.85 bits per heavy atom. The smallest absolute Gasteiger partial charge is 0.407 e. The van der Waals surface area contributed by atoms with Gasteiger partial charge in [0.05, 0.1) is 20.3 Å². The van der Waals surface area contributed by atoms with Crippen molar-refractivity contribution in [3.63, 3.8) is 0 Å². The van der Waals surface area contributed by atoms with E-state index in [4.69, 9.17) is 14.2 Å². The first-order chi connectivity index (χ1) is 15.9. The van der Waals surface area contributed by atoms with Crippen LogP contribution in [-0.4, -0.2) is 51.0 Å². The molecule has 0 saturated carbocycles. The summed E-state index contributed by atoms with van der Waals surface area (Å²) in [5.41, 5.74) is 4.45. The number of hydrogen-bond acceptors (Lipinski definition) is 5. The van der Waals surface area contributed by atoms with Crippen LogP contribution in [0.5, 0.6) is 11.5 Å². The van der Waals surface area contributed by atoms with E-state index in [9.17, 15) is 4.79 Å². The summed E-state index contributed by atoms with van der Waals surface area (Å²) in [5.74, 6) is 2.05. The topological polar surface area (TPSA) is 60.0 Å². The molecule has 3 aliphatic heterocycles. The molecule has 3 saturated heterocycles. The van der Waals surface area contributed by atoms with Crippen LogP contribution in [0.2, 0.25) is 0 Å². The van der Waals surface area contributed by atoms with Crippen molar-refractivity contribution in [3.8, 4) is 22.6 Å². The molecule has 4 aliphatic rings. The third-order valence-electron chi connectivity index (χ3n) is 7.72. The number of rotatable bonds is 5. The molecule has 6 nitrogen and oxygen atoms in total. The van der Waals surface area contributed by atoms with Gasteiger partial charge in [-0.15, -0.1) is 0 Å². The van der Waals surface area contributed by atoms with Crippen molar-refractivity contribution in [2.45, 2.75) is 45.3 Å². The van der Waals surface area contributed by atoms with E-state index in [0.717, 1.165) is 61.5 Å². The third kappa shape index (κ3) is 4.17. The lowest BCUT2D eigenvalue weighted by atomic mass is 9.85. The summed E-state index contributed by atoms with van der Waals surface area (Å²) in [6.07, 6.45) is 2.88. The summed E-state index contributed by atoms with van der Waals surface area (Å²) in [6, 6.07) is 12.3. The van der Waals surface area contributed by atoms with Gasteiger partial charge >= 0.3 is 6.09 Å². The van der Waals surface area contributed by atoms with E-state index in [1.807, 2.05) is 18.2 Å². The normalized spacial score (nSPS) is 27.0. The molecule has 1 amide bonds. The second-order valence-corrected chi connectivity index (χ2v) is 10.3. The monoisotopic (exact) mass is 450 g/mol. The Labute approximate surface area is 196 Å². The lowest BCUT2D eigenvalue weighted by Gasteiger charge is -2.44. The molecular weight excluding hydrogens is 416 g/mol. The van der Waals surface area contributed by atoms with Crippen LogP contribution >= 0.6 is 0 Å². The molecule has 0 radical (unpaired) electrons. The second-order valence-electron chi connectivity index (χ2n) is 10.3. The van der Waals surface area contributed by atoms with Crippen molar-refractivity contribution >= 4 is 6.09 Å². The molecule has 6 rings (SSSR count). The van der Waals surface area contributed by atoms with Crippen LogP contribution in [0, 0.1) is 11.3 Å². The van der Waals surface area contributed by atoms with E-state index in [2.05, 4.69) is 42.3 Å². The first-order valence-corrected chi connectivity index (χ1v) is 11.9. The fraction of sp³-hybridized carbons (Fsp3) is 0.519. The molecule has 3 heterocycles. The van der Waals surface area contributed by atoms with Gasteiger partial charge in [0.15, 0.2) is 0 Å². The van der Waals surface area contributed by atoms with Crippen LogP contribution in [0.25, 0.3) is 11.1 Å². The number of carbonyl (C=O) groups is 1. The third-order valence-corrected chi connectivity index (χ3v) is 7.72. The van der Waals surface area contributed by atoms with Crippen LogP contribution in [-0.2, 0) is 11.2 Å². The Hall–Kier alpha value is -2.73. The van der Waals surface area contributed by atoms with Crippen molar-refractivity contribution in [1.29, 1.82) is 0 Å². The maximum Gasteiger partial charge on any atom is 0.407 e. The molecule has 0 aromatic heterocycles. The lowest BCUT2D eigenvalue weighted by Crippen LogP contribution is -2.53. The van der Waals surface area contributed by atoms with E-state index in [-0.39, 0.29) is 23.7 Å². The number of benzene rings is 2. The number of ether oxygens (including phenoxy) is 3. The molecule has 2 aromatic rings. The highest BCUT2D eigenvalue weighted by molar-refractivity contribution is 5.74. The first-order valence-electron chi connectivity index (χ1n) is 11.9. The number of amides is 1. The molecule has 0 spiro atoms. The predicted molar refractivity (Wildman–Crippen MR) is 128 cm³/mol. The summed E-state index contributed by atoms with van der Waals surface area (Å²) in [7, 11) is 3.33. The van der Waals surface area contributed by atoms with Crippen LogP contribution in [0.1, 0.15) is 43.9 Å². The highest BCUT2D eigenvalue weighted by Crippen LogP contribution is 2.47. The number of hydrogen-bond donors (Lipinski definition) is 1. The largest absolute Gasteiger partial charge is 0.497 e. The number of methoxy groups -OCH3 is 2. The molecule has 1 aliphatic carbocycles. The predicted octanol–water partition coefficient (Wildman–Crippen LogP) is 4.81. The summed E-state index contributed by atoms with van der Waals surface area (Å²) in [4.78, 5) is 15.3. The van der Waals surface area contributed by atoms with Gasteiger partial charge in [0.2, 0.25) is 0 Å². The molecule has 3 fully saturated rings. The second kappa shape index (κ2) is 8.56. The average Bonchev–Trinajstić information content (AvgIpc) is 3.07.